The molecule has 2 aromatic carbocycles. The molecule has 1 heterocycles. The number of carbonyl (C=O) groups excluding carboxylic acids is 3. The van der Waals surface area contributed by atoms with Crippen LogP contribution in [-0.4, -0.2) is 43.3 Å². The van der Waals surface area contributed by atoms with E-state index < -0.39 is 12.1 Å². The number of amides is 2. The van der Waals surface area contributed by atoms with Crippen LogP contribution in [0.1, 0.15) is 41.3 Å². The van der Waals surface area contributed by atoms with Crippen molar-refractivity contribution in [2.45, 2.75) is 25.4 Å². The van der Waals surface area contributed by atoms with Crippen LogP contribution in [0.15, 0.2) is 54.6 Å². The number of piperidine rings is 1. The predicted octanol–water partition coefficient (Wildman–Crippen LogP) is 3.19. The fraction of sp³-hybridized carbons (Fsp3) is 0.318. The van der Waals surface area contributed by atoms with Crippen LogP contribution in [0.3, 0.4) is 0 Å². The van der Waals surface area contributed by atoms with Crippen molar-refractivity contribution in [2.75, 3.05) is 25.5 Å². The van der Waals surface area contributed by atoms with Gasteiger partial charge in [-0.05, 0) is 37.1 Å². The van der Waals surface area contributed by atoms with Gasteiger partial charge in [0.25, 0.3) is 5.91 Å². The second kappa shape index (κ2) is 8.69. The van der Waals surface area contributed by atoms with Crippen LogP contribution < -0.4 is 4.90 Å². The highest BCUT2D eigenvalue weighted by molar-refractivity contribution is 5.96. The minimum absolute atomic E-state index is 0.0993. The van der Waals surface area contributed by atoms with E-state index in [1.54, 1.807) is 67.5 Å². The van der Waals surface area contributed by atoms with Crippen molar-refractivity contribution in [3.05, 3.63) is 65.7 Å². The van der Waals surface area contributed by atoms with Crippen LogP contribution in [0.2, 0.25) is 0 Å². The number of esters is 1. The molecule has 0 saturated carbocycles. The molecule has 2 aromatic rings. The van der Waals surface area contributed by atoms with Crippen molar-refractivity contribution >= 4 is 23.5 Å². The molecule has 0 aliphatic carbocycles. The SMILES string of the molecule is CN(C)C(=O)C(OC(=O)c1ccc(N2CCCCC2=O)cc1)c1ccccc1. The maximum Gasteiger partial charge on any atom is 0.339 e. The van der Waals surface area contributed by atoms with Crippen LogP contribution >= 0.6 is 0 Å². The highest BCUT2D eigenvalue weighted by atomic mass is 16.5. The lowest BCUT2D eigenvalue weighted by atomic mass is 10.1. The molecule has 1 aliphatic heterocycles. The molecule has 0 radical (unpaired) electrons. The molecule has 1 fully saturated rings. The zero-order valence-corrected chi connectivity index (χ0v) is 16.1. The molecule has 28 heavy (non-hydrogen) atoms. The summed E-state index contributed by atoms with van der Waals surface area (Å²) in [5.41, 5.74) is 1.72. The van der Waals surface area contributed by atoms with Crippen molar-refractivity contribution in [3.63, 3.8) is 0 Å². The Balaban J connectivity index is 1.76. The fourth-order valence-electron chi connectivity index (χ4n) is 3.15. The van der Waals surface area contributed by atoms with Gasteiger partial charge < -0.3 is 14.5 Å². The number of anilines is 1. The van der Waals surface area contributed by atoms with Gasteiger partial charge in [0.05, 0.1) is 5.56 Å². The van der Waals surface area contributed by atoms with Gasteiger partial charge in [0, 0.05) is 38.3 Å². The van der Waals surface area contributed by atoms with E-state index in [1.807, 2.05) is 6.07 Å². The van der Waals surface area contributed by atoms with Gasteiger partial charge >= 0.3 is 5.97 Å². The second-order valence-electron chi connectivity index (χ2n) is 6.98. The second-order valence-corrected chi connectivity index (χ2v) is 6.98. The predicted molar refractivity (Wildman–Crippen MR) is 106 cm³/mol. The minimum Gasteiger partial charge on any atom is -0.444 e. The monoisotopic (exact) mass is 380 g/mol. The number of carbonyl (C=O) groups is 3. The summed E-state index contributed by atoms with van der Waals surface area (Å²) in [7, 11) is 3.24. The van der Waals surface area contributed by atoms with Gasteiger partial charge in [0.2, 0.25) is 12.0 Å². The Bertz CT molecular complexity index is 847. The Labute approximate surface area is 164 Å². The molecule has 146 valence electrons. The van der Waals surface area contributed by atoms with E-state index in [2.05, 4.69) is 0 Å². The third-order valence-corrected chi connectivity index (χ3v) is 4.73. The summed E-state index contributed by atoms with van der Waals surface area (Å²) in [5, 5.41) is 0. The van der Waals surface area contributed by atoms with Gasteiger partial charge in [0.1, 0.15) is 0 Å². The quantitative estimate of drug-likeness (QED) is 0.747. The first-order valence-corrected chi connectivity index (χ1v) is 9.35. The van der Waals surface area contributed by atoms with Crippen LogP contribution in [0.25, 0.3) is 0 Å². The zero-order chi connectivity index (χ0) is 20.1. The molecule has 1 atom stereocenters. The summed E-state index contributed by atoms with van der Waals surface area (Å²) in [6.07, 6.45) is 1.43. The van der Waals surface area contributed by atoms with Crippen LogP contribution in [-0.2, 0) is 14.3 Å². The zero-order valence-electron chi connectivity index (χ0n) is 16.1. The number of hydrogen-bond donors (Lipinski definition) is 0. The number of nitrogens with zero attached hydrogens (tertiary/aromatic N) is 2. The Kier molecular flexibility index (Phi) is 6.09. The normalized spacial score (nSPS) is 15.1. The molecular weight excluding hydrogens is 356 g/mol. The highest BCUT2D eigenvalue weighted by Gasteiger charge is 2.27. The molecule has 2 amide bonds. The molecule has 1 aliphatic rings. The van der Waals surface area contributed by atoms with E-state index in [0.29, 0.717) is 24.1 Å². The van der Waals surface area contributed by atoms with Gasteiger partial charge in [-0.3, -0.25) is 9.59 Å². The highest BCUT2D eigenvalue weighted by Crippen LogP contribution is 2.24. The summed E-state index contributed by atoms with van der Waals surface area (Å²) < 4.78 is 5.54. The van der Waals surface area contributed by atoms with E-state index in [-0.39, 0.29) is 11.8 Å². The van der Waals surface area contributed by atoms with E-state index in [1.165, 1.54) is 4.90 Å². The van der Waals surface area contributed by atoms with Gasteiger partial charge in [-0.2, -0.15) is 0 Å². The van der Waals surface area contributed by atoms with Crippen molar-refractivity contribution in [2.24, 2.45) is 0 Å². The molecule has 3 rings (SSSR count). The number of likely N-dealkylation sites (N-methyl/N-ethyl adjacent to an activating group) is 1. The Hall–Kier alpha value is -3.15. The summed E-state index contributed by atoms with van der Waals surface area (Å²) in [6, 6.07) is 15.7. The molecule has 0 aromatic heterocycles. The van der Waals surface area contributed by atoms with Gasteiger partial charge in [0.15, 0.2) is 0 Å². The van der Waals surface area contributed by atoms with Crippen molar-refractivity contribution < 1.29 is 19.1 Å². The lowest BCUT2D eigenvalue weighted by molar-refractivity contribution is -0.138. The molecule has 6 heteroatoms. The Morgan fingerprint density at radius 3 is 2.29 bits per heavy atom. The van der Waals surface area contributed by atoms with Crippen molar-refractivity contribution in [1.82, 2.24) is 4.90 Å². The average molecular weight is 380 g/mol. The maximum absolute atomic E-state index is 12.6. The van der Waals surface area contributed by atoms with E-state index >= 15 is 0 Å². The first-order valence-electron chi connectivity index (χ1n) is 9.35. The maximum atomic E-state index is 12.6. The topological polar surface area (TPSA) is 66.9 Å². The molecule has 0 N–H and O–H groups in total. The molecule has 0 bridgehead atoms. The van der Waals surface area contributed by atoms with Crippen molar-refractivity contribution in [3.8, 4) is 0 Å². The molecule has 1 saturated heterocycles. The van der Waals surface area contributed by atoms with Crippen LogP contribution in [0.4, 0.5) is 5.69 Å². The van der Waals surface area contributed by atoms with E-state index in [4.69, 9.17) is 4.74 Å². The lowest BCUT2D eigenvalue weighted by Crippen LogP contribution is -2.35. The minimum atomic E-state index is -1.01. The average Bonchev–Trinajstić information content (AvgIpc) is 2.72. The fourth-order valence-corrected chi connectivity index (χ4v) is 3.15. The smallest absolute Gasteiger partial charge is 0.339 e. The first kappa shape index (κ1) is 19.6. The number of hydrogen-bond acceptors (Lipinski definition) is 4. The molecule has 1 unspecified atom stereocenters. The Morgan fingerprint density at radius 2 is 1.68 bits per heavy atom. The largest absolute Gasteiger partial charge is 0.444 e. The third-order valence-electron chi connectivity index (χ3n) is 4.73. The summed E-state index contributed by atoms with van der Waals surface area (Å²) in [5.74, 6) is -0.794. The van der Waals surface area contributed by atoms with Crippen LogP contribution in [0.5, 0.6) is 0 Å². The number of ether oxygens (including phenoxy) is 1. The summed E-state index contributed by atoms with van der Waals surface area (Å²) in [4.78, 5) is 40.3. The molecule has 6 nitrogen and oxygen atoms in total. The molecular formula is C22H24N2O4. The number of rotatable bonds is 5. The standard InChI is InChI=1S/C22H24N2O4/c1-23(2)21(26)20(16-8-4-3-5-9-16)28-22(27)17-11-13-18(14-12-17)24-15-7-6-10-19(24)25/h3-5,8-9,11-14,20H,6-7,10,15H2,1-2H3. The van der Waals surface area contributed by atoms with Crippen molar-refractivity contribution in [1.29, 1.82) is 0 Å². The van der Waals surface area contributed by atoms with Gasteiger partial charge in [-0.1, -0.05) is 30.3 Å². The van der Waals surface area contributed by atoms with Gasteiger partial charge in [-0.25, -0.2) is 4.79 Å². The Morgan fingerprint density at radius 1 is 1.00 bits per heavy atom. The van der Waals surface area contributed by atoms with Crippen LogP contribution in [0, 0.1) is 0 Å². The number of benzene rings is 2. The summed E-state index contributed by atoms with van der Waals surface area (Å²) in [6.45, 7) is 0.691. The van der Waals surface area contributed by atoms with E-state index in [0.717, 1.165) is 18.5 Å². The lowest BCUT2D eigenvalue weighted by Gasteiger charge is -2.27. The molecule has 0 spiro atoms. The van der Waals surface area contributed by atoms with E-state index in [9.17, 15) is 14.4 Å². The summed E-state index contributed by atoms with van der Waals surface area (Å²) >= 11 is 0. The third kappa shape index (κ3) is 4.39. The van der Waals surface area contributed by atoms with Gasteiger partial charge in [-0.15, -0.1) is 0 Å². The first-order chi connectivity index (χ1) is 13.5.